The van der Waals surface area contributed by atoms with Crippen LogP contribution in [0.4, 0.5) is 0 Å². The number of halogens is 1. The molecule has 0 aliphatic heterocycles. The van der Waals surface area contributed by atoms with Crippen molar-refractivity contribution in [2.45, 2.75) is 11.3 Å². The molecule has 0 bridgehead atoms. The van der Waals surface area contributed by atoms with Crippen molar-refractivity contribution in [3.63, 3.8) is 0 Å². The highest BCUT2D eigenvalue weighted by molar-refractivity contribution is 7.89. The number of esters is 1. The molecule has 6 nitrogen and oxygen atoms in total. The fourth-order valence-corrected chi connectivity index (χ4v) is 3.10. The van der Waals surface area contributed by atoms with E-state index >= 15 is 0 Å². The third-order valence-corrected chi connectivity index (χ3v) is 4.95. The van der Waals surface area contributed by atoms with E-state index in [2.05, 4.69) is 4.74 Å². The van der Waals surface area contributed by atoms with E-state index in [4.69, 9.17) is 16.9 Å². The van der Waals surface area contributed by atoms with Crippen molar-refractivity contribution >= 4 is 27.6 Å². The fraction of sp³-hybridized carbons (Fsp3) is 0.333. The van der Waals surface area contributed by atoms with Crippen LogP contribution in [0.3, 0.4) is 0 Å². The SMILES string of the molecule is COC(=O)CCN(C)S(=O)(=O)c1ccc(C#N)cc1Cl. The van der Waals surface area contributed by atoms with Crippen LogP contribution in [0.15, 0.2) is 23.1 Å². The molecule has 0 unspecified atom stereocenters. The van der Waals surface area contributed by atoms with Gasteiger partial charge in [-0.1, -0.05) is 11.6 Å². The number of benzene rings is 1. The summed E-state index contributed by atoms with van der Waals surface area (Å²) in [5.74, 6) is -0.502. The van der Waals surface area contributed by atoms with Crippen LogP contribution in [0.1, 0.15) is 12.0 Å². The molecule has 0 N–H and O–H groups in total. The molecule has 0 radical (unpaired) electrons. The highest BCUT2D eigenvalue weighted by atomic mass is 35.5. The van der Waals surface area contributed by atoms with Gasteiger partial charge in [0.25, 0.3) is 0 Å². The van der Waals surface area contributed by atoms with Gasteiger partial charge in [0.2, 0.25) is 10.0 Å². The number of methoxy groups -OCH3 is 1. The topological polar surface area (TPSA) is 87.5 Å². The Morgan fingerprint density at radius 3 is 2.65 bits per heavy atom. The molecule has 0 saturated heterocycles. The van der Waals surface area contributed by atoms with E-state index in [1.165, 1.54) is 32.4 Å². The molecule has 0 spiro atoms. The Morgan fingerprint density at radius 2 is 2.15 bits per heavy atom. The third-order valence-electron chi connectivity index (χ3n) is 2.61. The minimum Gasteiger partial charge on any atom is -0.469 e. The molecule has 0 amide bonds. The highest BCUT2D eigenvalue weighted by Crippen LogP contribution is 2.25. The van der Waals surface area contributed by atoms with Crippen LogP contribution in [-0.2, 0) is 19.6 Å². The number of carbonyl (C=O) groups is 1. The quantitative estimate of drug-likeness (QED) is 0.766. The van der Waals surface area contributed by atoms with Crippen LogP contribution in [0.2, 0.25) is 5.02 Å². The van der Waals surface area contributed by atoms with Crippen molar-refractivity contribution in [1.29, 1.82) is 5.26 Å². The number of nitrogens with zero attached hydrogens (tertiary/aromatic N) is 2. The van der Waals surface area contributed by atoms with E-state index in [0.29, 0.717) is 0 Å². The summed E-state index contributed by atoms with van der Waals surface area (Å²) in [6.45, 7) is -0.0225. The van der Waals surface area contributed by atoms with Crippen molar-refractivity contribution in [1.82, 2.24) is 4.31 Å². The summed E-state index contributed by atoms with van der Waals surface area (Å²) in [4.78, 5) is 10.9. The van der Waals surface area contributed by atoms with E-state index in [1.807, 2.05) is 6.07 Å². The average molecular weight is 317 g/mol. The maximum atomic E-state index is 12.3. The van der Waals surface area contributed by atoms with Gasteiger partial charge in [0.1, 0.15) is 4.90 Å². The van der Waals surface area contributed by atoms with Crippen molar-refractivity contribution < 1.29 is 17.9 Å². The minimum atomic E-state index is -3.81. The molecular weight excluding hydrogens is 304 g/mol. The van der Waals surface area contributed by atoms with Gasteiger partial charge >= 0.3 is 5.97 Å². The van der Waals surface area contributed by atoms with Gasteiger partial charge in [-0.25, -0.2) is 12.7 Å². The first kappa shape index (κ1) is 16.4. The Labute approximate surface area is 122 Å². The van der Waals surface area contributed by atoms with E-state index in [1.54, 1.807) is 0 Å². The Kier molecular flexibility index (Phi) is 5.51. The summed E-state index contributed by atoms with van der Waals surface area (Å²) in [6, 6.07) is 5.79. The number of nitriles is 1. The first-order chi connectivity index (χ1) is 9.32. The molecular formula is C12H13ClN2O4S. The number of hydrogen-bond acceptors (Lipinski definition) is 5. The second-order valence-corrected chi connectivity index (χ2v) is 6.33. The highest BCUT2D eigenvalue weighted by Gasteiger charge is 2.24. The molecule has 0 aliphatic carbocycles. The van der Waals surface area contributed by atoms with Gasteiger partial charge in [-0.2, -0.15) is 5.26 Å². The molecule has 1 aromatic rings. The summed E-state index contributed by atoms with van der Waals surface area (Å²) in [5.41, 5.74) is 0.270. The molecule has 1 aromatic carbocycles. The Balaban J connectivity index is 2.99. The number of hydrogen-bond donors (Lipinski definition) is 0. The summed E-state index contributed by atoms with van der Waals surface area (Å²) < 4.78 is 30.0. The zero-order valence-corrected chi connectivity index (χ0v) is 12.5. The standard InChI is InChI=1S/C12H13ClN2O4S/c1-15(6-5-12(16)19-2)20(17,18)11-4-3-9(8-14)7-10(11)13/h3-4,7H,5-6H2,1-2H3. The Bertz CT molecular complexity index is 652. The van der Waals surface area contributed by atoms with Crippen molar-refractivity contribution in [3.8, 4) is 6.07 Å². The maximum Gasteiger partial charge on any atom is 0.306 e. The second-order valence-electron chi connectivity index (χ2n) is 3.91. The van der Waals surface area contributed by atoms with Crippen LogP contribution < -0.4 is 0 Å². The van der Waals surface area contributed by atoms with Crippen molar-refractivity contribution in [2.24, 2.45) is 0 Å². The Hall–Kier alpha value is -1.62. The smallest absolute Gasteiger partial charge is 0.306 e. The van der Waals surface area contributed by atoms with Crippen LogP contribution in [0, 0.1) is 11.3 Å². The van der Waals surface area contributed by atoms with Gasteiger partial charge < -0.3 is 4.74 Å². The van der Waals surface area contributed by atoms with Gasteiger partial charge in [-0.3, -0.25) is 4.79 Å². The monoisotopic (exact) mass is 316 g/mol. The first-order valence-electron chi connectivity index (χ1n) is 5.55. The molecule has 8 heteroatoms. The van der Waals surface area contributed by atoms with Crippen molar-refractivity contribution in [2.75, 3.05) is 20.7 Å². The maximum absolute atomic E-state index is 12.3. The molecule has 0 saturated carbocycles. The zero-order chi connectivity index (χ0) is 15.3. The predicted molar refractivity (Wildman–Crippen MR) is 72.6 cm³/mol. The van der Waals surface area contributed by atoms with E-state index in [-0.39, 0.29) is 28.4 Å². The van der Waals surface area contributed by atoms with Gasteiger partial charge in [0.15, 0.2) is 0 Å². The van der Waals surface area contributed by atoms with Gasteiger partial charge in [-0.05, 0) is 18.2 Å². The summed E-state index contributed by atoms with van der Waals surface area (Å²) in [6.07, 6.45) is -0.0554. The lowest BCUT2D eigenvalue weighted by Crippen LogP contribution is -2.29. The van der Waals surface area contributed by atoms with Gasteiger partial charge in [0.05, 0.1) is 30.2 Å². The molecule has 0 heterocycles. The van der Waals surface area contributed by atoms with Gasteiger partial charge in [-0.15, -0.1) is 0 Å². The van der Waals surface area contributed by atoms with Gasteiger partial charge in [0, 0.05) is 13.6 Å². The second kappa shape index (κ2) is 6.70. The lowest BCUT2D eigenvalue weighted by atomic mass is 10.2. The van der Waals surface area contributed by atoms with E-state index in [0.717, 1.165) is 4.31 Å². The number of ether oxygens (including phenoxy) is 1. The predicted octanol–water partition coefficient (Wildman–Crippen LogP) is 1.40. The fourth-order valence-electron chi connectivity index (χ4n) is 1.42. The van der Waals surface area contributed by atoms with Crippen LogP contribution >= 0.6 is 11.6 Å². The lowest BCUT2D eigenvalue weighted by molar-refractivity contribution is -0.140. The summed E-state index contributed by atoms with van der Waals surface area (Å²) >= 11 is 5.88. The molecule has 0 aromatic heterocycles. The number of rotatable bonds is 5. The van der Waals surface area contributed by atoms with Crippen LogP contribution in [0.25, 0.3) is 0 Å². The minimum absolute atomic E-state index is 0.0225. The van der Waals surface area contributed by atoms with E-state index < -0.39 is 16.0 Å². The Morgan fingerprint density at radius 1 is 1.50 bits per heavy atom. The largest absolute Gasteiger partial charge is 0.469 e. The molecule has 0 atom stereocenters. The number of sulfonamides is 1. The van der Waals surface area contributed by atoms with Crippen LogP contribution in [0.5, 0.6) is 0 Å². The van der Waals surface area contributed by atoms with Crippen LogP contribution in [-0.4, -0.2) is 39.4 Å². The number of carbonyl (C=O) groups excluding carboxylic acids is 1. The third kappa shape index (κ3) is 3.70. The molecule has 0 fully saturated rings. The molecule has 0 aliphatic rings. The van der Waals surface area contributed by atoms with E-state index in [9.17, 15) is 13.2 Å². The summed E-state index contributed by atoms with van der Waals surface area (Å²) in [7, 11) is -1.24. The molecule has 20 heavy (non-hydrogen) atoms. The van der Waals surface area contributed by atoms with Crippen molar-refractivity contribution in [3.05, 3.63) is 28.8 Å². The average Bonchev–Trinajstić information content (AvgIpc) is 2.43. The first-order valence-corrected chi connectivity index (χ1v) is 7.37. The zero-order valence-electron chi connectivity index (χ0n) is 11.0. The molecule has 1 rings (SSSR count). The summed E-state index contributed by atoms with van der Waals surface area (Å²) in [5, 5.41) is 8.68. The normalized spacial score (nSPS) is 11.2. The molecule has 108 valence electrons. The lowest BCUT2D eigenvalue weighted by Gasteiger charge is -2.17.